The Kier molecular flexibility index (Phi) is 4.23. The van der Waals surface area contributed by atoms with Crippen molar-refractivity contribution in [2.75, 3.05) is 13.2 Å². The Bertz CT molecular complexity index is 541. The molecule has 6 nitrogen and oxygen atoms in total. The molecule has 1 saturated heterocycles. The monoisotopic (exact) mass is 279 g/mol. The summed E-state index contributed by atoms with van der Waals surface area (Å²) in [6.45, 7) is 6.23. The van der Waals surface area contributed by atoms with Gasteiger partial charge in [-0.15, -0.1) is 0 Å². The standard InChI is InChI=1S/C14H21N3O3/c1-8-4-5-17(12(8)7-18)13(19)6-11-9(2)15-14(20)16-10(11)3/h8,12,18H,4-7H2,1-3H3,(H,15,16,20). The predicted octanol–water partition coefficient (Wildman–Crippen LogP) is 0.159. The van der Waals surface area contributed by atoms with E-state index in [4.69, 9.17) is 0 Å². The zero-order chi connectivity index (χ0) is 14.9. The van der Waals surface area contributed by atoms with Crippen molar-refractivity contribution < 1.29 is 9.90 Å². The van der Waals surface area contributed by atoms with Gasteiger partial charge in [0.15, 0.2) is 0 Å². The topological polar surface area (TPSA) is 86.3 Å². The molecule has 2 unspecified atom stereocenters. The fourth-order valence-corrected chi connectivity index (χ4v) is 2.86. The van der Waals surface area contributed by atoms with Gasteiger partial charge in [0, 0.05) is 23.5 Å². The van der Waals surface area contributed by atoms with Gasteiger partial charge >= 0.3 is 5.69 Å². The van der Waals surface area contributed by atoms with Gasteiger partial charge in [-0.05, 0) is 26.2 Å². The first kappa shape index (κ1) is 14.7. The van der Waals surface area contributed by atoms with Gasteiger partial charge in [-0.25, -0.2) is 4.79 Å². The lowest BCUT2D eigenvalue weighted by molar-refractivity contribution is -0.132. The van der Waals surface area contributed by atoms with E-state index in [2.05, 4.69) is 9.97 Å². The summed E-state index contributed by atoms with van der Waals surface area (Å²) in [7, 11) is 0. The van der Waals surface area contributed by atoms with E-state index in [0.717, 1.165) is 12.0 Å². The molecule has 0 aliphatic carbocycles. The third-order valence-corrected chi connectivity index (χ3v) is 4.17. The van der Waals surface area contributed by atoms with Crippen molar-refractivity contribution in [2.45, 2.75) is 39.7 Å². The minimum Gasteiger partial charge on any atom is -0.394 e. The quantitative estimate of drug-likeness (QED) is 0.825. The second-order valence-corrected chi connectivity index (χ2v) is 5.51. The van der Waals surface area contributed by atoms with E-state index in [1.54, 1.807) is 18.7 Å². The molecule has 2 heterocycles. The molecule has 0 bridgehead atoms. The molecule has 20 heavy (non-hydrogen) atoms. The lowest BCUT2D eigenvalue weighted by atomic mass is 10.0. The third kappa shape index (κ3) is 2.75. The van der Waals surface area contributed by atoms with Crippen LogP contribution in [0, 0.1) is 19.8 Å². The minimum absolute atomic E-state index is 0.00521. The Hall–Kier alpha value is -1.69. The number of carbonyl (C=O) groups is 1. The van der Waals surface area contributed by atoms with Crippen LogP contribution in [0.4, 0.5) is 0 Å². The van der Waals surface area contributed by atoms with E-state index in [9.17, 15) is 14.7 Å². The largest absolute Gasteiger partial charge is 0.394 e. The van der Waals surface area contributed by atoms with Gasteiger partial charge in [-0.1, -0.05) is 6.92 Å². The highest BCUT2D eigenvalue weighted by molar-refractivity contribution is 5.80. The molecule has 0 aromatic carbocycles. The van der Waals surface area contributed by atoms with Crippen LogP contribution in [0.1, 0.15) is 30.3 Å². The molecule has 0 spiro atoms. The number of aliphatic hydroxyl groups excluding tert-OH is 1. The van der Waals surface area contributed by atoms with Crippen molar-refractivity contribution in [3.05, 3.63) is 27.4 Å². The summed E-state index contributed by atoms with van der Waals surface area (Å²) in [6.07, 6.45) is 1.13. The average Bonchev–Trinajstić information content (AvgIpc) is 2.74. The Morgan fingerprint density at radius 1 is 1.50 bits per heavy atom. The number of aromatic nitrogens is 2. The molecule has 0 saturated carbocycles. The Balaban J connectivity index is 2.18. The summed E-state index contributed by atoms with van der Waals surface area (Å²) >= 11 is 0. The van der Waals surface area contributed by atoms with Crippen LogP contribution >= 0.6 is 0 Å². The Morgan fingerprint density at radius 2 is 2.20 bits per heavy atom. The molecular weight excluding hydrogens is 258 g/mol. The molecule has 6 heteroatoms. The minimum atomic E-state index is -0.390. The average molecular weight is 279 g/mol. The molecule has 1 fully saturated rings. The van der Waals surface area contributed by atoms with Crippen molar-refractivity contribution >= 4 is 5.91 Å². The molecule has 1 aliphatic rings. The smallest absolute Gasteiger partial charge is 0.345 e. The molecule has 1 aromatic heterocycles. The molecule has 1 aromatic rings. The van der Waals surface area contributed by atoms with Crippen LogP contribution in [-0.4, -0.2) is 45.1 Å². The lowest BCUT2D eigenvalue weighted by Gasteiger charge is -2.25. The molecule has 2 N–H and O–H groups in total. The van der Waals surface area contributed by atoms with Crippen LogP contribution in [0.3, 0.4) is 0 Å². The first-order chi connectivity index (χ1) is 9.43. The summed E-state index contributed by atoms with van der Waals surface area (Å²) in [5.74, 6) is 0.299. The zero-order valence-corrected chi connectivity index (χ0v) is 12.1. The van der Waals surface area contributed by atoms with Crippen molar-refractivity contribution in [1.29, 1.82) is 0 Å². The maximum absolute atomic E-state index is 12.4. The molecule has 1 aliphatic heterocycles. The first-order valence-corrected chi connectivity index (χ1v) is 6.90. The molecule has 110 valence electrons. The SMILES string of the molecule is Cc1nc(=O)[nH]c(C)c1CC(=O)N1CCC(C)C1CO. The molecule has 2 atom stereocenters. The van der Waals surface area contributed by atoms with E-state index >= 15 is 0 Å². The number of rotatable bonds is 3. The van der Waals surface area contributed by atoms with Gasteiger partial charge in [0.2, 0.25) is 5.91 Å². The number of likely N-dealkylation sites (tertiary alicyclic amines) is 1. The summed E-state index contributed by atoms with van der Waals surface area (Å²) in [4.78, 5) is 31.9. The third-order valence-electron chi connectivity index (χ3n) is 4.17. The van der Waals surface area contributed by atoms with Crippen LogP contribution in [0.5, 0.6) is 0 Å². The molecule has 2 rings (SSSR count). The number of nitrogens with one attached hydrogen (secondary N) is 1. The number of hydrogen-bond acceptors (Lipinski definition) is 4. The molecule has 0 radical (unpaired) electrons. The summed E-state index contributed by atoms with van der Waals surface area (Å²) in [6, 6.07) is -0.0983. The van der Waals surface area contributed by atoms with Gasteiger partial charge < -0.3 is 15.0 Å². The number of aryl methyl sites for hydroxylation is 2. The van der Waals surface area contributed by atoms with Gasteiger partial charge in [0.1, 0.15) is 0 Å². The highest BCUT2D eigenvalue weighted by atomic mass is 16.3. The number of amides is 1. The predicted molar refractivity (Wildman–Crippen MR) is 74.4 cm³/mol. The van der Waals surface area contributed by atoms with Crippen LogP contribution in [0.15, 0.2) is 4.79 Å². The zero-order valence-electron chi connectivity index (χ0n) is 12.1. The first-order valence-electron chi connectivity index (χ1n) is 6.90. The number of aliphatic hydroxyl groups is 1. The number of aromatic amines is 1. The summed E-state index contributed by atoms with van der Waals surface area (Å²) < 4.78 is 0. The normalized spacial score (nSPS) is 22.3. The number of H-pyrrole nitrogens is 1. The van der Waals surface area contributed by atoms with Crippen LogP contribution in [-0.2, 0) is 11.2 Å². The van der Waals surface area contributed by atoms with Crippen molar-refractivity contribution in [3.8, 4) is 0 Å². The van der Waals surface area contributed by atoms with Crippen molar-refractivity contribution in [2.24, 2.45) is 5.92 Å². The number of hydrogen-bond donors (Lipinski definition) is 2. The van der Waals surface area contributed by atoms with Gasteiger partial charge in [0.05, 0.1) is 19.1 Å². The Labute approximate surface area is 117 Å². The van der Waals surface area contributed by atoms with Crippen molar-refractivity contribution in [3.63, 3.8) is 0 Å². The fourth-order valence-electron chi connectivity index (χ4n) is 2.86. The summed E-state index contributed by atoms with van der Waals surface area (Å²) in [5, 5.41) is 9.41. The van der Waals surface area contributed by atoms with E-state index in [-0.39, 0.29) is 30.7 Å². The van der Waals surface area contributed by atoms with Crippen LogP contribution < -0.4 is 5.69 Å². The lowest BCUT2D eigenvalue weighted by Crippen LogP contribution is -2.41. The van der Waals surface area contributed by atoms with Gasteiger partial charge in [-0.3, -0.25) is 4.79 Å². The maximum Gasteiger partial charge on any atom is 0.345 e. The second-order valence-electron chi connectivity index (χ2n) is 5.51. The fraction of sp³-hybridized carbons (Fsp3) is 0.643. The number of nitrogens with zero attached hydrogens (tertiary/aromatic N) is 2. The van der Waals surface area contributed by atoms with Crippen molar-refractivity contribution in [1.82, 2.24) is 14.9 Å². The molecular formula is C14H21N3O3. The van der Waals surface area contributed by atoms with E-state index in [1.165, 1.54) is 0 Å². The maximum atomic E-state index is 12.4. The molecule has 1 amide bonds. The highest BCUT2D eigenvalue weighted by Crippen LogP contribution is 2.24. The summed E-state index contributed by atoms with van der Waals surface area (Å²) in [5.41, 5.74) is 1.65. The van der Waals surface area contributed by atoms with Gasteiger partial charge in [0.25, 0.3) is 0 Å². The second kappa shape index (κ2) is 5.75. The van der Waals surface area contributed by atoms with E-state index in [0.29, 0.717) is 23.9 Å². The van der Waals surface area contributed by atoms with Crippen LogP contribution in [0.25, 0.3) is 0 Å². The van der Waals surface area contributed by atoms with E-state index < -0.39 is 0 Å². The number of carbonyl (C=O) groups excluding carboxylic acids is 1. The highest BCUT2D eigenvalue weighted by Gasteiger charge is 2.33. The van der Waals surface area contributed by atoms with Crippen LogP contribution in [0.2, 0.25) is 0 Å². The van der Waals surface area contributed by atoms with E-state index in [1.807, 2.05) is 6.92 Å². The Morgan fingerprint density at radius 3 is 2.80 bits per heavy atom. The van der Waals surface area contributed by atoms with Gasteiger partial charge in [-0.2, -0.15) is 4.98 Å².